The summed E-state index contributed by atoms with van der Waals surface area (Å²) in [4.78, 5) is 19.3. The summed E-state index contributed by atoms with van der Waals surface area (Å²) in [5.41, 5.74) is 13.4. The highest BCUT2D eigenvalue weighted by Crippen LogP contribution is 2.35. The van der Waals surface area contributed by atoms with Crippen LogP contribution < -0.4 is 16.4 Å². The maximum Gasteiger partial charge on any atom is 0.219 e. The zero-order valence-electron chi connectivity index (χ0n) is 14.0. The Morgan fingerprint density at radius 1 is 1.25 bits per heavy atom. The molecule has 1 fully saturated rings. The van der Waals surface area contributed by atoms with E-state index >= 15 is 0 Å². The van der Waals surface area contributed by atoms with Gasteiger partial charge in [-0.05, 0) is 12.8 Å². The van der Waals surface area contributed by atoms with Crippen LogP contribution in [0.25, 0.3) is 0 Å². The second-order valence-corrected chi connectivity index (χ2v) is 6.23. The van der Waals surface area contributed by atoms with Crippen LogP contribution in [0, 0.1) is 0 Å². The van der Waals surface area contributed by atoms with Gasteiger partial charge in [0.15, 0.2) is 5.82 Å². The van der Waals surface area contributed by atoms with Gasteiger partial charge in [0, 0.05) is 62.4 Å². The fraction of sp³-hybridized carbons (Fsp3) is 0.500. The van der Waals surface area contributed by atoms with Crippen molar-refractivity contribution in [2.45, 2.75) is 38.0 Å². The Kier molecular flexibility index (Phi) is 4.86. The van der Waals surface area contributed by atoms with E-state index in [2.05, 4.69) is 19.9 Å². The van der Waals surface area contributed by atoms with Crippen molar-refractivity contribution in [3.05, 3.63) is 35.5 Å². The van der Waals surface area contributed by atoms with Crippen LogP contribution >= 0.6 is 0 Å². The predicted octanol–water partition coefficient (Wildman–Crippen LogP) is 0.836. The van der Waals surface area contributed by atoms with Crippen LogP contribution in [0.4, 0.5) is 11.8 Å². The Hall–Kier alpha value is -2.32. The first-order valence-corrected chi connectivity index (χ1v) is 7.95. The molecule has 8 nitrogen and oxygen atoms in total. The van der Waals surface area contributed by atoms with Crippen LogP contribution in [0.3, 0.4) is 0 Å². The number of nitrogens with zero attached hydrogens (tertiary/aromatic N) is 5. The summed E-state index contributed by atoms with van der Waals surface area (Å²) in [5.74, 6) is 2.22. The minimum absolute atomic E-state index is 0.273. The molecule has 24 heavy (non-hydrogen) atoms. The normalized spacial score (nSPS) is 19.8. The number of ether oxygens (including phenoxy) is 1. The van der Waals surface area contributed by atoms with Gasteiger partial charge < -0.3 is 21.1 Å². The number of rotatable bonds is 6. The molecule has 2 aromatic heterocycles. The first-order chi connectivity index (χ1) is 11.5. The molecule has 1 saturated carbocycles. The summed E-state index contributed by atoms with van der Waals surface area (Å²) < 4.78 is 5.20. The molecule has 0 atom stereocenters. The van der Waals surface area contributed by atoms with Crippen LogP contribution in [-0.2, 0) is 17.9 Å². The van der Waals surface area contributed by atoms with Crippen molar-refractivity contribution >= 4 is 11.8 Å². The summed E-state index contributed by atoms with van der Waals surface area (Å²) in [6.07, 6.45) is 5.39. The van der Waals surface area contributed by atoms with Crippen molar-refractivity contribution in [2.75, 3.05) is 24.8 Å². The number of nitrogens with two attached hydrogens (primary N) is 2. The summed E-state index contributed by atoms with van der Waals surface area (Å²) >= 11 is 0. The van der Waals surface area contributed by atoms with Crippen molar-refractivity contribution in [1.82, 2.24) is 19.9 Å². The van der Waals surface area contributed by atoms with Crippen molar-refractivity contribution < 1.29 is 4.74 Å². The average molecular weight is 329 g/mol. The minimum atomic E-state index is 0.273. The molecule has 0 bridgehead atoms. The average Bonchev–Trinajstić information content (AvgIpc) is 2.54. The largest absolute Gasteiger partial charge is 0.377 e. The van der Waals surface area contributed by atoms with Crippen molar-refractivity contribution in [2.24, 2.45) is 5.73 Å². The molecule has 128 valence electrons. The zero-order valence-corrected chi connectivity index (χ0v) is 14.0. The van der Waals surface area contributed by atoms with Gasteiger partial charge >= 0.3 is 0 Å². The lowest BCUT2D eigenvalue weighted by atomic mass is 9.78. The lowest BCUT2D eigenvalue weighted by Crippen LogP contribution is -2.35. The summed E-state index contributed by atoms with van der Waals surface area (Å²) in [6.45, 7) is 1.02. The fourth-order valence-electron chi connectivity index (χ4n) is 2.81. The van der Waals surface area contributed by atoms with E-state index in [-0.39, 0.29) is 12.0 Å². The maximum atomic E-state index is 5.91. The van der Waals surface area contributed by atoms with Crippen LogP contribution in [0.5, 0.6) is 0 Å². The third kappa shape index (κ3) is 3.77. The molecule has 0 aromatic carbocycles. The Balaban J connectivity index is 1.80. The number of anilines is 2. The SMILES string of the molecule is COCc1nc(C2CC(N)C2)cc(N(C)Cc2cnc(N)nc2)n1. The van der Waals surface area contributed by atoms with E-state index in [0.29, 0.717) is 24.9 Å². The molecule has 1 aliphatic carbocycles. The van der Waals surface area contributed by atoms with Gasteiger partial charge in [-0.15, -0.1) is 0 Å². The number of aromatic nitrogens is 4. The van der Waals surface area contributed by atoms with Gasteiger partial charge in [0.05, 0.1) is 0 Å². The van der Waals surface area contributed by atoms with Gasteiger partial charge in [-0.2, -0.15) is 0 Å². The molecule has 0 unspecified atom stereocenters. The van der Waals surface area contributed by atoms with Crippen LogP contribution in [0.1, 0.15) is 35.8 Å². The van der Waals surface area contributed by atoms with Gasteiger partial charge in [-0.1, -0.05) is 0 Å². The van der Waals surface area contributed by atoms with Crippen LogP contribution in [0.15, 0.2) is 18.5 Å². The van der Waals surface area contributed by atoms with E-state index < -0.39 is 0 Å². The second-order valence-electron chi connectivity index (χ2n) is 6.23. The quantitative estimate of drug-likeness (QED) is 0.801. The Morgan fingerprint density at radius 3 is 2.58 bits per heavy atom. The third-order valence-corrected chi connectivity index (χ3v) is 4.18. The van der Waals surface area contributed by atoms with Gasteiger partial charge in [-0.25, -0.2) is 19.9 Å². The molecule has 1 aliphatic rings. The van der Waals surface area contributed by atoms with E-state index in [1.165, 1.54) is 0 Å². The van der Waals surface area contributed by atoms with Gasteiger partial charge in [0.2, 0.25) is 5.95 Å². The first kappa shape index (κ1) is 16.5. The van der Waals surface area contributed by atoms with E-state index in [0.717, 1.165) is 29.9 Å². The molecule has 4 N–H and O–H groups in total. The molecular weight excluding hydrogens is 306 g/mol. The van der Waals surface area contributed by atoms with Gasteiger partial charge in [-0.3, -0.25) is 0 Å². The second kappa shape index (κ2) is 7.06. The van der Waals surface area contributed by atoms with Gasteiger partial charge in [0.1, 0.15) is 12.4 Å². The molecule has 0 saturated heterocycles. The zero-order chi connectivity index (χ0) is 17.1. The van der Waals surface area contributed by atoms with E-state index in [1.807, 2.05) is 18.0 Å². The van der Waals surface area contributed by atoms with Gasteiger partial charge in [0.25, 0.3) is 0 Å². The van der Waals surface area contributed by atoms with Crippen molar-refractivity contribution in [3.8, 4) is 0 Å². The molecule has 8 heteroatoms. The summed E-state index contributed by atoms with van der Waals surface area (Å²) in [5, 5.41) is 0. The van der Waals surface area contributed by atoms with E-state index in [4.69, 9.17) is 16.2 Å². The number of hydrogen-bond donors (Lipinski definition) is 2. The molecule has 0 radical (unpaired) electrons. The van der Waals surface area contributed by atoms with Crippen molar-refractivity contribution in [1.29, 1.82) is 0 Å². The summed E-state index contributed by atoms with van der Waals surface area (Å²) in [7, 11) is 3.62. The third-order valence-electron chi connectivity index (χ3n) is 4.18. The highest BCUT2D eigenvalue weighted by atomic mass is 16.5. The predicted molar refractivity (Wildman–Crippen MR) is 91.2 cm³/mol. The topological polar surface area (TPSA) is 116 Å². The molecule has 0 aliphatic heterocycles. The highest BCUT2D eigenvalue weighted by Gasteiger charge is 2.29. The number of methoxy groups -OCH3 is 1. The Bertz CT molecular complexity index is 685. The Morgan fingerprint density at radius 2 is 1.96 bits per heavy atom. The maximum absolute atomic E-state index is 5.91. The molecule has 0 spiro atoms. The lowest BCUT2D eigenvalue weighted by molar-refractivity contribution is 0.177. The molecule has 0 amide bonds. The van der Waals surface area contributed by atoms with Crippen LogP contribution in [-0.4, -0.2) is 40.1 Å². The minimum Gasteiger partial charge on any atom is -0.377 e. The molecule has 2 aromatic rings. The molecule has 2 heterocycles. The fourth-order valence-corrected chi connectivity index (χ4v) is 2.81. The molecule has 3 rings (SSSR count). The first-order valence-electron chi connectivity index (χ1n) is 7.95. The monoisotopic (exact) mass is 329 g/mol. The number of nitrogen functional groups attached to an aromatic ring is 1. The Labute approximate surface area is 141 Å². The summed E-state index contributed by atoms with van der Waals surface area (Å²) in [6, 6.07) is 2.32. The van der Waals surface area contributed by atoms with E-state index in [1.54, 1.807) is 19.5 Å². The van der Waals surface area contributed by atoms with E-state index in [9.17, 15) is 0 Å². The smallest absolute Gasteiger partial charge is 0.219 e. The number of hydrogen-bond acceptors (Lipinski definition) is 8. The standard InChI is InChI=1S/C16H23N7O/c1-23(8-10-6-19-16(18)20-7-10)15-5-13(11-3-12(17)4-11)21-14(22-15)9-24-2/h5-7,11-12H,3-4,8-9,17H2,1-2H3,(H2,18,19,20). The van der Waals surface area contributed by atoms with Crippen LogP contribution in [0.2, 0.25) is 0 Å². The van der Waals surface area contributed by atoms with Crippen molar-refractivity contribution in [3.63, 3.8) is 0 Å². The lowest BCUT2D eigenvalue weighted by Gasteiger charge is -2.32. The highest BCUT2D eigenvalue weighted by molar-refractivity contribution is 5.41. The molecular formula is C16H23N7O.